The first-order chi connectivity index (χ1) is 26.8. The highest BCUT2D eigenvalue weighted by atomic mass is 127. The van der Waals surface area contributed by atoms with E-state index in [1.165, 1.54) is 6.26 Å². The van der Waals surface area contributed by atoms with Crippen molar-refractivity contribution < 1.29 is 45.3 Å². The van der Waals surface area contributed by atoms with Gasteiger partial charge in [0.25, 0.3) is 0 Å². The van der Waals surface area contributed by atoms with Gasteiger partial charge in [0.05, 0.1) is 57.5 Å². The molecule has 0 N–H and O–H groups in total. The number of hydrogen-bond donors (Lipinski definition) is 0. The van der Waals surface area contributed by atoms with Crippen molar-refractivity contribution in [3.63, 3.8) is 0 Å². The molecule has 0 aliphatic carbocycles. The van der Waals surface area contributed by atoms with Crippen molar-refractivity contribution in [1.29, 1.82) is 0 Å². The van der Waals surface area contributed by atoms with Gasteiger partial charge < -0.3 is 38.2 Å². The van der Waals surface area contributed by atoms with Gasteiger partial charge >= 0.3 is 0 Å². The molecule has 0 radical (unpaired) electrons. The molecule has 2 atom stereocenters. The van der Waals surface area contributed by atoms with Crippen LogP contribution in [0, 0.1) is 0 Å². The van der Waals surface area contributed by atoms with Crippen LogP contribution in [0.1, 0.15) is 24.2 Å². The second-order valence-corrected chi connectivity index (χ2v) is 19.2. The summed E-state index contributed by atoms with van der Waals surface area (Å²) in [5, 5.41) is 1.91. The van der Waals surface area contributed by atoms with Crippen molar-refractivity contribution in [2.45, 2.75) is 35.4 Å². The van der Waals surface area contributed by atoms with Crippen molar-refractivity contribution in [2.24, 2.45) is 0 Å². The van der Waals surface area contributed by atoms with E-state index >= 15 is 0 Å². The molecule has 2 unspecified atom stereocenters. The van der Waals surface area contributed by atoms with Crippen molar-refractivity contribution in [3.05, 3.63) is 22.0 Å². The predicted molar refractivity (Wildman–Crippen MR) is 242 cm³/mol. The average molecular weight is 1230 g/mol. The molecule has 24 heteroatoms. The minimum absolute atomic E-state index is 0.0261. The van der Waals surface area contributed by atoms with E-state index in [-0.39, 0.29) is 28.4 Å². The molecule has 320 valence electrons. The minimum Gasteiger partial charge on any atom is -0.486 e. The van der Waals surface area contributed by atoms with Gasteiger partial charge in [-0.05, 0) is 45.9 Å². The molecule has 0 saturated carbocycles. The lowest BCUT2D eigenvalue weighted by Crippen LogP contribution is -2.52. The van der Waals surface area contributed by atoms with Gasteiger partial charge in [-0.3, -0.25) is 0 Å². The smallest absolute Gasteiger partial charge is 0.224 e. The van der Waals surface area contributed by atoms with Crippen LogP contribution < -0.4 is 19.3 Å². The predicted octanol–water partition coefficient (Wildman–Crippen LogP) is 4.95. The molecule has 0 aromatic carbocycles. The minimum atomic E-state index is -3.47. The summed E-state index contributed by atoms with van der Waals surface area (Å²) < 4.78 is 80.2. The molecule has 16 nitrogen and oxygen atoms in total. The van der Waals surface area contributed by atoms with Crippen molar-refractivity contribution >= 4 is 132 Å². The van der Waals surface area contributed by atoms with Crippen LogP contribution in [0.2, 0.25) is 10.6 Å². The number of alkyl halides is 4. The molecule has 7 rings (SSSR count). The summed E-state index contributed by atoms with van der Waals surface area (Å²) in [6, 6.07) is 0.122. The number of halogens is 6. The van der Waals surface area contributed by atoms with E-state index in [1.54, 1.807) is 0 Å². The summed E-state index contributed by atoms with van der Waals surface area (Å²) in [5.41, 5.74) is 0.672. The fourth-order valence-electron chi connectivity index (χ4n) is 6.39. The maximum Gasteiger partial charge on any atom is 0.224 e. The largest absolute Gasteiger partial charge is 0.486 e. The maximum atomic E-state index is 12.7. The van der Waals surface area contributed by atoms with E-state index in [1.807, 2.05) is 14.8 Å². The molecule has 5 aliphatic rings. The third-order valence-corrected chi connectivity index (χ3v) is 12.6. The highest BCUT2D eigenvalue weighted by molar-refractivity contribution is 14.1. The van der Waals surface area contributed by atoms with E-state index in [4.69, 9.17) is 51.6 Å². The first-order valence-corrected chi connectivity index (χ1v) is 28.5. The van der Waals surface area contributed by atoms with Crippen LogP contribution in [0.4, 0.5) is 11.6 Å². The molecule has 3 saturated heterocycles. The van der Waals surface area contributed by atoms with E-state index in [9.17, 15) is 16.8 Å². The number of nitrogens with zero attached hydrogens (tertiary/aromatic N) is 6. The van der Waals surface area contributed by atoms with E-state index in [0.717, 1.165) is 30.1 Å². The SMILES string of the molecule is BrCCOCCBr.CI.CI.CS(=O)(=O)C1(c2nc(Cl)nc3c2OCC2COCCN32)CCOCC1.CS(=O)(=O)Cc1nc(Cl)nc2c1OCC1COCCN21. The number of hydrogen-bond acceptors (Lipinski definition) is 16. The van der Waals surface area contributed by atoms with Gasteiger partial charge in [-0.1, -0.05) is 77.0 Å². The van der Waals surface area contributed by atoms with Crippen LogP contribution in [-0.4, -0.2) is 161 Å². The quantitative estimate of drug-likeness (QED) is 0.150. The summed E-state index contributed by atoms with van der Waals surface area (Å²) in [7, 11) is -6.70. The fourth-order valence-corrected chi connectivity index (χ4v) is 9.28. The highest BCUT2D eigenvalue weighted by Gasteiger charge is 2.50. The summed E-state index contributed by atoms with van der Waals surface area (Å²) in [6.45, 7) is 6.76. The number of rotatable bonds is 8. The number of aromatic nitrogens is 4. The third kappa shape index (κ3) is 13.6. The van der Waals surface area contributed by atoms with Crippen molar-refractivity contribution in [1.82, 2.24) is 19.9 Å². The Morgan fingerprint density at radius 3 is 1.70 bits per heavy atom. The Hall–Kier alpha value is 0.100. The van der Waals surface area contributed by atoms with Gasteiger partial charge in [-0.15, -0.1) is 0 Å². The van der Waals surface area contributed by atoms with Gasteiger partial charge in [0.1, 0.15) is 29.3 Å². The van der Waals surface area contributed by atoms with Gasteiger partial charge in [-0.2, -0.15) is 9.97 Å². The first-order valence-electron chi connectivity index (χ1n) is 17.3. The molecule has 7 heterocycles. The number of morpholine rings is 2. The van der Waals surface area contributed by atoms with Crippen LogP contribution in [0.5, 0.6) is 11.5 Å². The summed E-state index contributed by atoms with van der Waals surface area (Å²) in [4.78, 5) is 24.9. The number of ether oxygens (including phenoxy) is 6. The molecule has 3 fully saturated rings. The molecule has 5 aliphatic heterocycles. The Kier molecular flexibility index (Phi) is 22.1. The first kappa shape index (κ1) is 50.5. The molecular formula is C32H48Br2Cl2I2N6O10S2. The van der Waals surface area contributed by atoms with Gasteiger partial charge in [-0.25, -0.2) is 26.8 Å². The van der Waals surface area contributed by atoms with Crippen LogP contribution >= 0.6 is 100 Å². The number of sulfone groups is 2. The third-order valence-electron chi connectivity index (χ3n) is 8.83. The van der Waals surface area contributed by atoms with Gasteiger partial charge in [0.15, 0.2) is 42.8 Å². The van der Waals surface area contributed by atoms with Gasteiger partial charge in [0, 0.05) is 49.5 Å². The lowest BCUT2D eigenvalue weighted by Gasteiger charge is -2.42. The van der Waals surface area contributed by atoms with Gasteiger partial charge in [0.2, 0.25) is 10.6 Å². The molecule has 56 heavy (non-hydrogen) atoms. The lowest BCUT2D eigenvalue weighted by molar-refractivity contribution is 0.0639. The second kappa shape index (κ2) is 24.5. The molecule has 0 amide bonds. The fraction of sp³-hybridized carbons (Fsp3) is 0.750. The molecule has 0 bridgehead atoms. The van der Waals surface area contributed by atoms with E-state index in [2.05, 4.69) is 102 Å². The second-order valence-electron chi connectivity index (χ2n) is 12.5. The van der Waals surface area contributed by atoms with Crippen molar-refractivity contribution in [2.75, 3.05) is 122 Å². The van der Waals surface area contributed by atoms with Crippen LogP contribution in [0.3, 0.4) is 0 Å². The molecule has 2 aromatic heterocycles. The highest BCUT2D eigenvalue weighted by Crippen LogP contribution is 2.47. The van der Waals surface area contributed by atoms with Crippen LogP contribution in [0.15, 0.2) is 0 Å². The maximum absolute atomic E-state index is 12.7. The topological polar surface area (TPSA) is 182 Å². The van der Waals surface area contributed by atoms with Crippen molar-refractivity contribution in [3.8, 4) is 11.5 Å². The molecule has 2 aromatic rings. The Morgan fingerprint density at radius 1 is 0.732 bits per heavy atom. The number of fused-ring (bicyclic) bond motifs is 6. The van der Waals surface area contributed by atoms with Crippen LogP contribution in [-0.2, 0) is 49.1 Å². The summed E-state index contributed by atoms with van der Waals surface area (Å²) in [5.74, 6) is 1.74. The summed E-state index contributed by atoms with van der Waals surface area (Å²) >= 11 is 22.9. The Labute approximate surface area is 383 Å². The molecular weight excluding hydrogens is 1180 g/mol. The Morgan fingerprint density at radius 2 is 1.21 bits per heavy atom. The summed E-state index contributed by atoms with van der Waals surface area (Å²) in [6.07, 6.45) is 3.03. The lowest BCUT2D eigenvalue weighted by atomic mass is 9.93. The van der Waals surface area contributed by atoms with E-state index < -0.39 is 24.4 Å². The average Bonchev–Trinajstić information content (AvgIpc) is 3.19. The Balaban J connectivity index is 0.000000243. The zero-order valence-corrected chi connectivity index (χ0v) is 42.2. The zero-order valence-electron chi connectivity index (χ0n) is 31.5. The van der Waals surface area contributed by atoms with Crippen LogP contribution in [0.25, 0.3) is 0 Å². The standard InChI is InChI=1S/C15H20ClN3O5S.C11H14ClN3O4S.C4H8Br2O.2CH3I/c1-25(20,21)15(2-5-22-6-3-15)12-11-13(18-14(16)17-12)19-4-7-23-8-10(19)9-24-11;1-20(16,17)6-8-9-10(14-11(12)13-8)15-2-3-18-4-7(15)5-19-9;5-1-3-7-4-2-6;2*1-2/h10H,2-9H2,1H3;7H,2-6H2,1H3;1-4H2;2*1H3. The Bertz CT molecular complexity index is 1770. The normalized spacial score (nSPS) is 20.7. The zero-order chi connectivity index (χ0) is 41.5. The molecule has 0 spiro atoms. The van der Waals surface area contributed by atoms with E-state index in [0.29, 0.717) is 113 Å². The number of anilines is 2. The monoisotopic (exact) mass is 1220 g/mol.